The average Bonchev–Trinajstić information content (AvgIpc) is 2.23. The molecule has 1 aromatic carbocycles. The maximum Gasteiger partial charge on any atom is 0.123 e. The molecule has 0 amide bonds. The Labute approximate surface area is 108 Å². The van der Waals surface area contributed by atoms with Crippen LogP contribution in [0.4, 0.5) is 4.39 Å². The van der Waals surface area contributed by atoms with Gasteiger partial charge >= 0.3 is 0 Å². The summed E-state index contributed by atoms with van der Waals surface area (Å²) in [7, 11) is 0. The molecule has 1 rings (SSSR count). The number of nitrogens with one attached hydrogen (secondary N) is 1. The lowest BCUT2D eigenvalue weighted by molar-refractivity contribution is 0.326. The summed E-state index contributed by atoms with van der Waals surface area (Å²) in [4.78, 5) is 0. The van der Waals surface area contributed by atoms with Crippen LogP contribution in [0.5, 0.6) is 0 Å². The van der Waals surface area contributed by atoms with Crippen LogP contribution < -0.4 is 5.32 Å². The van der Waals surface area contributed by atoms with Gasteiger partial charge in [-0.15, -0.1) is 0 Å². The Morgan fingerprint density at radius 2 is 2.06 bits per heavy atom. The lowest BCUT2D eigenvalue weighted by Gasteiger charge is -2.25. The van der Waals surface area contributed by atoms with E-state index in [9.17, 15) is 4.39 Å². The third-order valence-electron chi connectivity index (χ3n) is 2.91. The molecule has 0 aromatic heterocycles. The first kappa shape index (κ1) is 14.5. The fourth-order valence-corrected chi connectivity index (χ4v) is 2.07. The molecular formula is C14H21ClFN. The van der Waals surface area contributed by atoms with Gasteiger partial charge < -0.3 is 5.32 Å². The minimum atomic E-state index is -0.216. The van der Waals surface area contributed by atoms with Crippen molar-refractivity contribution in [1.82, 2.24) is 5.32 Å². The molecule has 0 aliphatic heterocycles. The van der Waals surface area contributed by atoms with E-state index in [4.69, 9.17) is 11.6 Å². The first-order valence-corrected chi connectivity index (χ1v) is 6.47. The number of halogens is 2. The number of hydrogen-bond acceptors (Lipinski definition) is 1. The normalized spacial score (nSPS) is 11.8. The molecule has 0 saturated heterocycles. The van der Waals surface area contributed by atoms with Crippen LogP contribution in [0.3, 0.4) is 0 Å². The predicted molar refractivity (Wildman–Crippen MR) is 72.1 cm³/mol. The molecule has 0 atom stereocenters. The molecule has 96 valence electrons. The van der Waals surface area contributed by atoms with E-state index >= 15 is 0 Å². The number of benzene rings is 1. The Hall–Kier alpha value is -0.600. The quantitative estimate of drug-likeness (QED) is 0.759. The van der Waals surface area contributed by atoms with E-state index < -0.39 is 0 Å². The maximum absolute atomic E-state index is 13.2. The highest BCUT2D eigenvalue weighted by Crippen LogP contribution is 2.29. The summed E-state index contributed by atoms with van der Waals surface area (Å²) >= 11 is 6.08. The molecular weight excluding hydrogens is 237 g/mol. The number of hydrogen-bond donors (Lipinski definition) is 1. The van der Waals surface area contributed by atoms with Crippen molar-refractivity contribution in [3.63, 3.8) is 0 Å². The summed E-state index contributed by atoms with van der Waals surface area (Å²) in [5.41, 5.74) is 1.02. The van der Waals surface area contributed by atoms with Crippen LogP contribution in [0.1, 0.15) is 32.8 Å². The van der Waals surface area contributed by atoms with E-state index in [0.717, 1.165) is 31.5 Å². The molecule has 0 spiro atoms. The lowest BCUT2D eigenvalue weighted by Crippen LogP contribution is -2.24. The van der Waals surface area contributed by atoms with E-state index in [1.54, 1.807) is 6.07 Å². The molecule has 1 N–H and O–H groups in total. The molecule has 0 aliphatic carbocycles. The maximum atomic E-state index is 13.2. The SMILES string of the molecule is CCNCCC(C)(C)Cc1cc(F)ccc1Cl. The third-order valence-corrected chi connectivity index (χ3v) is 3.27. The van der Waals surface area contributed by atoms with Crippen molar-refractivity contribution in [2.75, 3.05) is 13.1 Å². The lowest BCUT2D eigenvalue weighted by atomic mass is 9.82. The molecule has 0 radical (unpaired) electrons. The number of rotatable bonds is 6. The summed E-state index contributed by atoms with van der Waals surface area (Å²) in [5.74, 6) is -0.216. The van der Waals surface area contributed by atoms with Crippen molar-refractivity contribution in [2.24, 2.45) is 5.41 Å². The highest BCUT2D eigenvalue weighted by Gasteiger charge is 2.19. The Bertz CT molecular complexity index is 363. The third kappa shape index (κ3) is 5.05. The van der Waals surface area contributed by atoms with E-state index in [1.165, 1.54) is 12.1 Å². The van der Waals surface area contributed by atoms with Crippen molar-refractivity contribution in [1.29, 1.82) is 0 Å². The molecule has 0 heterocycles. The first-order chi connectivity index (χ1) is 7.94. The van der Waals surface area contributed by atoms with Gasteiger partial charge in [-0.3, -0.25) is 0 Å². The van der Waals surface area contributed by atoms with Crippen LogP contribution in [-0.4, -0.2) is 13.1 Å². The molecule has 0 bridgehead atoms. The van der Waals surface area contributed by atoms with Gasteiger partial charge in [0.15, 0.2) is 0 Å². The second kappa shape index (κ2) is 6.36. The van der Waals surface area contributed by atoms with Gasteiger partial charge in [-0.25, -0.2) is 4.39 Å². The summed E-state index contributed by atoms with van der Waals surface area (Å²) < 4.78 is 13.2. The second-order valence-electron chi connectivity index (χ2n) is 5.18. The zero-order valence-corrected chi connectivity index (χ0v) is 11.6. The molecule has 0 aliphatic rings. The van der Waals surface area contributed by atoms with Crippen molar-refractivity contribution >= 4 is 11.6 Å². The molecule has 0 fully saturated rings. The van der Waals surface area contributed by atoms with Crippen LogP contribution in [0.25, 0.3) is 0 Å². The van der Waals surface area contributed by atoms with Crippen LogP contribution >= 0.6 is 11.6 Å². The summed E-state index contributed by atoms with van der Waals surface area (Å²) in [6, 6.07) is 4.57. The molecule has 3 heteroatoms. The minimum Gasteiger partial charge on any atom is -0.317 e. The highest BCUT2D eigenvalue weighted by molar-refractivity contribution is 6.31. The average molecular weight is 258 g/mol. The summed E-state index contributed by atoms with van der Waals surface area (Å²) in [6.45, 7) is 8.43. The van der Waals surface area contributed by atoms with Gasteiger partial charge in [0.1, 0.15) is 5.82 Å². The van der Waals surface area contributed by atoms with Crippen LogP contribution in [0, 0.1) is 11.2 Å². The highest BCUT2D eigenvalue weighted by atomic mass is 35.5. The summed E-state index contributed by atoms with van der Waals surface area (Å²) in [5, 5.41) is 3.96. The molecule has 0 saturated carbocycles. The Balaban J connectivity index is 2.65. The van der Waals surface area contributed by atoms with Crippen LogP contribution in [0.2, 0.25) is 5.02 Å². The fraction of sp³-hybridized carbons (Fsp3) is 0.571. The van der Waals surface area contributed by atoms with E-state index in [0.29, 0.717) is 5.02 Å². The van der Waals surface area contributed by atoms with Gasteiger partial charge in [-0.2, -0.15) is 0 Å². The molecule has 17 heavy (non-hydrogen) atoms. The van der Waals surface area contributed by atoms with E-state index in [1.807, 2.05) is 0 Å². The smallest absolute Gasteiger partial charge is 0.123 e. The standard InChI is InChI=1S/C14H21ClFN/c1-4-17-8-7-14(2,3)10-11-9-12(16)5-6-13(11)15/h5-6,9,17H,4,7-8,10H2,1-3H3. The van der Waals surface area contributed by atoms with Gasteiger partial charge in [-0.1, -0.05) is 32.4 Å². The molecule has 1 nitrogen and oxygen atoms in total. The van der Waals surface area contributed by atoms with Gasteiger partial charge in [0.05, 0.1) is 0 Å². The zero-order chi connectivity index (χ0) is 12.9. The Kier molecular flexibility index (Phi) is 5.41. The van der Waals surface area contributed by atoms with Crippen molar-refractivity contribution in [3.8, 4) is 0 Å². The van der Waals surface area contributed by atoms with Gasteiger partial charge in [0, 0.05) is 5.02 Å². The van der Waals surface area contributed by atoms with Crippen molar-refractivity contribution < 1.29 is 4.39 Å². The van der Waals surface area contributed by atoms with Crippen LogP contribution in [0.15, 0.2) is 18.2 Å². The topological polar surface area (TPSA) is 12.0 Å². The second-order valence-corrected chi connectivity index (χ2v) is 5.59. The van der Waals surface area contributed by atoms with Crippen molar-refractivity contribution in [3.05, 3.63) is 34.6 Å². The fourth-order valence-electron chi connectivity index (χ4n) is 1.89. The van der Waals surface area contributed by atoms with E-state index in [-0.39, 0.29) is 11.2 Å². The van der Waals surface area contributed by atoms with Crippen molar-refractivity contribution in [2.45, 2.75) is 33.6 Å². The Morgan fingerprint density at radius 3 is 2.71 bits per heavy atom. The van der Waals surface area contributed by atoms with Gasteiger partial charge in [0.25, 0.3) is 0 Å². The largest absolute Gasteiger partial charge is 0.317 e. The first-order valence-electron chi connectivity index (χ1n) is 6.09. The zero-order valence-electron chi connectivity index (χ0n) is 10.8. The van der Waals surface area contributed by atoms with Gasteiger partial charge in [0.2, 0.25) is 0 Å². The summed E-state index contributed by atoms with van der Waals surface area (Å²) in [6.07, 6.45) is 1.85. The minimum absolute atomic E-state index is 0.125. The van der Waals surface area contributed by atoms with Gasteiger partial charge in [-0.05, 0) is 55.1 Å². The van der Waals surface area contributed by atoms with Crippen LogP contribution in [-0.2, 0) is 6.42 Å². The van der Waals surface area contributed by atoms with E-state index in [2.05, 4.69) is 26.1 Å². The monoisotopic (exact) mass is 257 g/mol. The molecule has 0 unspecified atom stereocenters. The Morgan fingerprint density at radius 1 is 1.35 bits per heavy atom. The predicted octanol–water partition coefficient (Wildman–Crippen LogP) is 4.05. The molecule has 1 aromatic rings.